The van der Waals surface area contributed by atoms with Gasteiger partial charge in [-0.05, 0) is 18.2 Å². The quantitative estimate of drug-likeness (QED) is 0.563. The molecule has 0 spiro atoms. The van der Waals surface area contributed by atoms with E-state index in [9.17, 15) is 0 Å². The van der Waals surface area contributed by atoms with E-state index in [-0.39, 0.29) is 0 Å². The van der Waals surface area contributed by atoms with Crippen LogP contribution in [0.25, 0.3) is 0 Å². The van der Waals surface area contributed by atoms with Crippen molar-refractivity contribution in [2.45, 2.75) is 0 Å². The molecule has 15 heavy (non-hydrogen) atoms. The fraction of sp³-hybridized carbons (Fsp3) is 0.0833. The van der Waals surface area contributed by atoms with E-state index in [0.717, 1.165) is 11.3 Å². The van der Waals surface area contributed by atoms with Crippen LogP contribution in [0.1, 0.15) is 5.56 Å². The average Bonchev–Trinajstić information content (AvgIpc) is 2.80. The van der Waals surface area contributed by atoms with Crippen LogP contribution in [0.15, 0.2) is 58.4 Å². The number of benzene rings is 1. The van der Waals surface area contributed by atoms with E-state index in [2.05, 4.69) is 5.10 Å². The van der Waals surface area contributed by atoms with Crippen molar-refractivity contribution in [3.63, 3.8) is 0 Å². The fourth-order valence-corrected chi connectivity index (χ4v) is 1.21. The van der Waals surface area contributed by atoms with Gasteiger partial charge in [0, 0.05) is 12.6 Å². The van der Waals surface area contributed by atoms with Crippen molar-refractivity contribution < 1.29 is 4.42 Å². The first-order chi connectivity index (χ1) is 7.36. The maximum atomic E-state index is 4.94. The standard InChI is InChI=1S/C12H12N2O/c1-14(12-5-3-2-4-6-12)13-9-11-7-8-15-10-11/h2-10H,1H3. The van der Waals surface area contributed by atoms with Crippen LogP contribution in [0, 0.1) is 0 Å². The third-order valence-electron chi connectivity index (χ3n) is 2.05. The molecule has 2 aromatic rings. The van der Waals surface area contributed by atoms with Crippen molar-refractivity contribution in [2.75, 3.05) is 12.1 Å². The molecule has 1 aromatic carbocycles. The number of hydrazone groups is 1. The monoisotopic (exact) mass is 200 g/mol. The van der Waals surface area contributed by atoms with Gasteiger partial charge in [0.2, 0.25) is 0 Å². The summed E-state index contributed by atoms with van der Waals surface area (Å²) in [6.45, 7) is 0. The van der Waals surface area contributed by atoms with E-state index in [1.54, 1.807) is 18.7 Å². The molecule has 0 fully saturated rings. The number of nitrogens with zero attached hydrogens (tertiary/aromatic N) is 2. The van der Waals surface area contributed by atoms with E-state index in [1.165, 1.54) is 0 Å². The first-order valence-corrected chi connectivity index (χ1v) is 4.71. The summed E-state index contributed by atoms with van der Waals surface area (Å²) in [5, 5.41) is 6.10. The molecule has 0 N–H and O–H groups in total. The molecular weight excluding hydrogens is 188 g/mol. The molecule has 1 aromatic heterocycles. The summed E-state index contributed by atoms with van der Waals surface area (Å²) in [6.07, 6.45) is 5.04. The topological polar surface area (TPSA) is 28.7 Å². The molecule has 0 amide bonds. The van der Waals surface area contributed by atoms with Crippen LogP contribution >= 0.6 is 0 Å². The van der Waals surface area contributed by atoms with Crippen molar-refractivity contribution in [2.24, 2.45) is 5.10 Å². The smallest absolute Gasteiger partial charge is 0.0991 e. The molecule has 0 aliphatic heterocycles. The van der Waals surface area contributed by atoms with Gasteiger partial charge in [0.05, 0.1) is 24.4 Å². The highest BCUT2D eigenvalue weighted by atomic mass is 16.3. The zero-order valence-electron chi connectivity index (χ0n) is 8.50. The Hall–Kier alpha value is -2.03. The second-order valence-electron chi connectivity index (χ2n) is 3.16. The van der Waals surface area contributed by atoms with E-state index >= 15 is 0 Å². The number of rotatable bonds is 3. The summed E-state index contributed by atoms with van der Waals surface area (Å²) in [7, 11) is 1.91. The summed E-state index contributed by atoms with van der Waals surface area (Å²) in [4.78, 5) is 0. The molecule has 0 radical (unpaired) electrons. The number of anilines is 1. The van der Waals surface area contributed by atoms with Crippen LogP contribution in [0.5, 0.6) is 0 Å². The van der Waals surface area contributed by atoms with Crippen LogP contribution in [-0.4, -0.2) is 13.3 Å². The highest BCUT2D eigenvalue weighted by molar-refractivity contribution is 5.79. The lowest BCUT2D eigenvalue weighted by atomic mass is 10.3. The number of furan rings is 1. The summed E-state index contributed by atoms with van der Waals surface area (Å²) < 4.78 is 4.94. The molecular formula is C12H12N2O. The van der Waals surface area contributed by atoms with Crippen molar-refractivity contribution in [3.8, 4) is 0 Å². The highest BCUT2D eigenvalue weighted by Crippen LogP contribution is 2.10. The van der Waals surface area contributed by atoms with Gasteiger partial charge in [-0.3, -0.25) is 5.01 Å². The van der Waals surface area contributed by atoms with Gasteiger partial charge >= 0.3 is 0 Å². The van der Waals surface area contributed by atoms with Crippen molar-refractivity contribution >= 4 is 11.9 Å². The second kappa shape index (κ2) is 4.46. The van der Waals surface area contributed by atoms with E-state index in [0.29, 0.717) is 0 Å². The summed E-state index contributed by atoms with van der Waals surface area (Å²) in [5.41, 5.74) is 2.01. The van der Waals surface area contributed by atoms with Gasteiger partial charge in [0.1, 0.15) is 0 Å². The molecule has 3 heteroatoms. The summed E-state index contributed by atoms with van der Waals surface area (Å²) in [5.74, 6) is 0. The zero-order valence-corrected chi connectivity index (χ0v) is 8.50. The van der Waals surface area contributed by atoms with Crippen molar-refractivity contribution in [1.82, 2.24) is 0 Å². The number of para-hydroxylation sites is 1. The minimum absolute atomic E-state index is 0.956. The molecule has 0 unspecified atom stereocenters. The summed E-state index contributed by atoms with van der Waals surface area (Å²) in [6, 6.07) is 11.8. The van der Waals surface area contributed by atoms with Gasteiger partial charge in [-0.15, -0.1) is 0 Å². The third-order valence-corrected chi connectivity index (χ3v) is 2.05. The largest absolute Gasteiger partial charge is 0.472 e. The van der Waals surface area contributed by atoms with Gasteiger partial charge in [0.15, 0.2) is 0 Å². The fourth-order valence-electron chi connectivity index (χ4n) is 1.21. The van der Waals surface area contributed by atoms with Crippen molar-refractivity contribution in [1.29, 1.82) is 0 Å². The highest BCUT2D eigenvalue weighted by Gasteiger charge is 1.95. The molecule has 1 heterocycles. The Morgan fingerprint density at radius 3 is 2.67 bits per heavy atom. The molecule has 0 atom stereocenters. The lowest BCUT2D eigenvalue weighted by Gasteiger charge is -2.11. The molecule has 0 aliphatic carbocycles. The Bertz CT molecular complexity index is 420. The van der Waals surface area contributed by atoms with Crippen LogP contribution < -0.4 is 5.01 Å². The average molecular weight is 200 g/mol. The summed E-state index contributed by atoms with van der Waals surface area (Å²) >= 11 is 0. The number of hydrogen-bond acceptors (Lipinski definition) is 3. The molecule has 0 aliphatic rings. The van der Waals surface area contributed by atoms with E-state index in [1.807, 2.05) is 48.5 Å². The Labute approximate surface area is 88.6 Å². The van der Waals surface area contributed by atoms with Crippen molar-refractivity contribution in [3.05, 3.63) is 54.5 Å². The van der Waals surface area contributed by atoms with Gasteiger partial charge in [-0.25, -0.2) is 0 Å². The van der Waals surface area contributed by atoms with Crippen LogP contribution in [0.3, 0.4) is 0 Å². The predicted molar refractivity (Wildman–Crippen MR) is 61.1 cm³/mol. The van der Waals surface area contributed by atoms with Gasteiger partial charge in [-0.1, -0.05) is 18.2 Å². The Kier molecular flexibility index (Phi) is 2.83. The molecule has 3 nitrogen and oxygen atoms in total. The van der Waals surface area contributed by atoms with Crippen LogP contribution in [-0.2, 0) is 0 Å². The number of hydrogen-bond donors (Lipinski definition) is 0. The lowest BCUT2D eigenvalue weighted by Crippen LogP contribution is -2.08. The first kappa shape index (κ1) is 9.52. The maximum Gasteiger partial charge on any atom is 0.0991 e. The van der Waals surface area contributed by atoms with Gasteiger partial charge in [0.25, 0.3) is 0 Å². The normalized spacial score (nSPS) is 10.7. The third kappa shape index (κ3) is 2.47. The van der Waals surface area contributed by atoms with Gasteiger partial charge < -0.3 is 4.42 Å². The minimum Gasteiger partial charge on any atom is -0.472 e. The molecule has 76 valence electrons. The Balaban J connectivity index is 2.07. The van der Waals surface area contributed by atoms with Gasteiger partial charge in [-0.2, -0.15) is 5.10 Å². The lowest BCUT2D eigenvalue weighted by molar-refractivity contribution is 0.567. The maximum absolute atomic E-state index is 4.94. The van der Waals surface area contributed by atoms with Crippen LogP contribution in [0.2, 0.25) is 0 Å². The molecule has 2 rings (SSSR count). The molecule has 0 saturated heterocycles. The second-order valence-corrected chi connectivity index (χ2v) is 3.16. The first-order valence-electron chi connectivity index (χ1n) is 4.71. The minimum atomic E-state index is 0.956. The van der Waals surface area contributed by atoms with E-state index < -0.39 is 0 Å². The SMILES string of the molecule is CN(N=Cc1ccoc1)c1ccccc1. The predicted octanol–water partition coefficient (Wildman–Crippen LogP) is 2.75. The Morgan fingerprint density at radius 2 is 2.00 bits per heavy atom. The molecule has 0 saturated carbocycles. The Morgan fingerprint density at radius 1 is 1.20 bits per heavy atom. The zero-order chi connectivity index (χ0) is 10.5. The van der Waals surface area contributed by atoms with Crippen LogP contribution in [0.4, 0.5) is 5.69 Å². The molecule has 0 bridgehead atoms. The van der Waals surface area contributed by atoms with E-state index in [4.69, 9.17) is 4.42 Å².